The zero-order chi connectivity index (χ0) is 16.8. The van der Waals surface area contributed by atoms with E-state index >= 15 is 0 Å². The Morgan fingerprint density at radius 3 is 2.71 bits per heavy atom. The maximum absolute atomic E-state index is 12.2. The van der Waals surface area contributed by atoms with Crippen LogP contribution in [0.5, 0.6) is 0 Å². The first-order valence-corrected chi connectivity index (χ1v) is 7.87. The summed E-state index contributed by atoms with van der Waals surface area (Å²) in [5, 5.41) is 15.1. The van der Waals surface area contributed by atoms with Gasteiger partial charge in [-0.15, -0.1) is 0 Å². The number of rotatable bonds is 4. The van der Waals surface area contributed by atoms with Gasteiger partial charge >= 0.3 is 0 Å². The molecule has 2 N–H and O–H groups in total. The summed E-state index contributed by atoms with van der Waals surface area (Å²) in [6.45, 7) is 1.27. The largest absolute Gasteiger partial charge is 0.381 e. The molecule has 0 unspecified atom stereocenters. The van der Waals surface area contributed by atoms with Crippen molar-refractivity contribution in [2.24, 2.45) is 5.92 Å². The van der Waals surface area contributed by atoms with Gasteiger partial charge < -0.3 is 15.4 Å². The zero-order valence-corrected chi connectivity index (χ0v) is 13.2. The molecule has 1 aromatic heterocycles. The molecule has 1 aliphatic heterocycles. The van der Waals surface area contributed by atoms with Crippen molar-refractivity contribution in [3.63, 3.8) is 0 Å². The summed E-state index contributed by atoms with van der Waals surface area (Å²) in [5.74, 6) is 0.622. The van der Waals surface area contributed by atoms with Gasteiger partial charge in [-0.3, -0.25) is 4.79 Å². The van der Waals surface area contributed by atoms with Crippen molar-refractivity contribution >= 4 is 23.1 Å². The highest BCUT2D eigenvalue weighted by Gasteiger charge is 2.21. The number of pyridine rings is 1. The Morgan fingerprint density at radius 1 is 1.21 bits per heavy atom. The summed E-state index contributed by atoms with van der Waals surface area (Å²) in [5.41, 5.74) is 1.91. The van der Waals surface area contributed by atoms with Gasteiger partial charge in [0.2, 0.25) is 5.91 Å². The molecule has 0 aliphatic carbocycles. The quantitative estimate of drug-likeness (QED) is 0.903. The molecule has 0 radical (unpaired) electrons. The van der Waals surface area contributed by atoms with E-state index in [1.54, 1.807) is 24.4 Å². The van der Waals surface area contributed by atoms with E-state index in [0.717, 1.165) is 12.8 Å². The average Bonchev–Trinajstić information content (AvgIpc) is 2.64. The third-order valence-electron chi connectivity index (χ3n) is 3.93. The Morgan fingerprint density at radius 2 is 2.00 bits per heavy atom. The van der Waals surface area contributed by atoms with Crippen LogP contribution < -0.4 is 10.6 Å². The molecule has 3 rings (SSSR count). The fourth-order valence-corrected chi connectivity index (χ4v) is 2.57. The van der Waals surface area contributed by atoms with Crippen LogP contribution in [0.15, 0.2) is 42.6 Å². The summed E-state index contributed by atoms with van der Waals surface area (Å²) < 4.78 is 5.27. The first kappa shape index (κ1) is 16.0. The van der Waals surface area contributed by atoms with Crippen LogP contribution in [0, 0.1) is 17.2 Å². The molecule has 1 amide bonds. The van der Waals surface area contributed by atoms with Gasteiger partial charge in [0.05, 0.1) is 23.1 Å². The van der Waals surface area contributed by atoms with Gasteiger partial charge in [-0.05, 0) is 37.1 Å². The number of nitriles is 1. The smallest absolute Gasteiger partial charge is 0.227 e. The fraction of sp³-hybridized carbons (Fsp3) is 0.278. The van der Waals surface area contributed by atoms with Crippen LogP contribution in [0.3, 0.4) is 0 Å². The standard InChI is InChI=1S/C18H18N4O2/c19-11-14-3-1-2-4-16(14)22-17-6-5-15(12-20-17)21-18(23)13-7-9-24-10-8-13/h1-6,12-13H,7-10H2,(H,20,22)(H,21,23). The number of nitrogens with zero attached hydrogens (tertiary/aromatic N) is 2. The van der Waals surface area contributed by atoms with E-state index in [9.17, 15) is 4.79 Å². The molecule has 0 saturated carbocycles. The fourth-order valence-electron chi connectivity index (χ4n) is 2.57. The lowest BCUT2D eigenvalue weighted by atomic mass is 9.99. The van der Waals surface area contributed by atoms with E-state index in [1.165, 1.54) is 0 Å². The number of carbonyl (C=O) groups is 1. The first-order valence-electron chi connectivity index (χ1n) is 7.87. The lowest BCUT2D eigenvalue weighted by Crippen LogP contribution is -2.28. The minimum absolute atomic E-state index is 0.000873. The highest BCUT2D eigenvalue weighted by Crippen LogP contribution is 2.21. The molecule has 0 spiro atoms. The number of carbonyl (C=O) groups excluding carboxylic acids is 1. The van der Waals surface area contributed by atoms with Crippen molar-refractivity contribution in [1.29, 1.82) is 5.26 Å². The number of hydrogen-bond donors (Lipinski definition) is 2. The molecule has 1 fully saturated rings. The van der Waals surface area contributed by atoms with Crippen molar-refractivity contribution in [1.82, 2.24) is 4.98 Å². The Bertz CT molecular complexity index is 746. The summed E-state index contributed by atoms with van der Waals surface area (Å²) >= 11 is 0. The lowest BCUT2D eigenvalue weighted by molar-refractivity contribution is -0.122. The summed E-state index contributed by atoms with van der Waals surface area (Å²) in [6, 6.07) is 12.9. The van der Waals surface area contributed by atoms with Crippen LogP contribution in [0.2, 0.25) is 0 Å². The third-order valence-corrected chi connectivity index (χ3v) is 3.93. The number of amides is 1. The molecule has 1 saturated heterocycles. The maximum atomic E-state index is 12.2. The number of benzene rings is 1. The number of anilines is 3. The average molecular weight is 322 g/mol. The van der Waals surface area contributed by atoms with Crippen LogP contribution in [0.25, 0.3) is 0 Å². The van der Waals surface area contributed by atoms with E-state index in [1.807, 2.05) is 18.2 Å². The second-order valence-electron chi connectivity index (χ2n) is 5.59. The van der Waals surface area contributed by atoms with Crippen molar-refractivity contribution < 1.29 is 9.53 Å². The molecular weight excluding hydrogens is 304 g/mol. The van der Waals surface area contributed by atoms with Gasteiger partial charge in [-0.25, -0.2) is 4.98 Å². The maximum Gasteiger partial charge on any atom is 0.227 e. The van der Waals surface area contributed by atoms with Crippen LogP contribution in [0.1, 0.15) is 18.4 Å². The Labute approximate surface area is 140 Å². The van der Waals surface area contributed by atoms with Gasteiger partial charge in [0, 0.05) is 19.1 Å². The summed E-state index contributed by atoms with van der Waals surface area (Å²) in [6.07, 6.45) is 3.11. The number of aromatic nitrogens is 1. The molecule has 0 atom stereocenters. The molecule has 6 nitrogen and oxygen atoms in total. The first-order chi connectivity index (χ1) is 11.8. The minimum Gasteiger partial charge on any atom is -0.381 e. The normalized spacial score (nSPS) is 14.6. The molecule has 0 bridgehead atoms. The number of ether oxygens (including phenoxy) is 1. The highest BCUT2D eigenvalue weighted by molar-refractivity contribution is 5.92. The monoisotopic (exact) mass is 322 g/mol. The van der Waals surface area contributed by atoms with E-state index < -0.39 is 0 Å². The predicted octanol–water partition coefficient (Wildman–Crippen LogP) is 3.06. The SMILES string of the molecule is N#Cc1ccccc1Nc1ccc(NC(=O)C2CCOCC2)cn1. The highest BCUT2D eigenvalue weighted by atomic mass is 16.5. The second kappa shape index (κ2) is 7.57. The topological polar surface area (TPSA) is 87.0 Å². The summed E-state index contributed by atoms with van der Waals surface area (Å²) in [4.78, 5) is 16.5. The molecule has 6 heteroatoms. The summed E-state index contributed by atoms with van der Waals surface area (Å²) in [7, 11) is 0. The van der Waals surface area contributed by atoms with Crippen molar-refractivity contribution in [2.75, 3.05) is 23.8 Å². The van der Waals surface area contributed by atoms with Crippen LogP contribution in [-0.2, 0) is 9.53 Å². The van der Waals surface area contributed by atoms with Crippen LogP contribution in [-0.4, -0.2) is 24.1 Å². The van der Waals surface area contributed by atoms with Crippen molar-refractivity contribution in [3.05, 3.63) is 48.2 Å². The van der Waals surface area contributed by atoms with Gasteiger partial charge in [0.15, 0.2) is 0 Å². The van der Waals surface area contributed by atoms with Crippen LogP contribution in [0.4, 0.5) is 17.2 Å². The molecule has 2 aromatic rings. The molecule has 1 aromatic carbocycles. The molecular formula is C18H18N4O2. The van der Waals surface area contributed by atoms with Gasteiger partial charge in [-0.2, -0.15) is 5.26 Å². The van der Waals surface area contributed by atoms with Crippen molar-refractivity contribution in [3.8, 4) is 6.07 Å². The van der Waals surface area contributed by atoms with Gasteiger partial charge in [-0.1, -0.05) is 12.1 Å². The molecule has 24 heavy (non-hydrogen) atoms. The molecule has 122 valence electrons. The number of nitrogens with one attached hydrogen (secondary N) is 2. The number of para-hydroxylation sites is 1. The van der Waals surface area contributed by atoms with E-state index in [0.29, 0.717) is 36.0 Å². The van der Waals surface area contributed by atoms with E-state index in [2.05, 4.69) is 21.7 Å². The predicted molar refractivity (Wildman–Crippen MR) is 90.8 cm³/mol. The third kappa shape index (κ3) is 3.89. The Kier molecular flexibility index (Phi) is 5.04. The minimum atomic E-state index is -0.000873. The Hall–Kier alpha value is -2.91. The Balaban J connectivity index is 1.63. The number of hydrogen-bond acceptors (Lipinski definition) is 5. The molecule has 1 aliphatic rings. The van der Waals surface area contributed by atoms with Gasteiger partial charge in [0.25, 0.3) is 0 Å². The van der Waals surface area contributed by atoms with Crippen LogP contribution >= 0.6 is 0 Å². The molecule has 2 heterocycles. The van der Waals surface area contributed by atoms with E-state index in [4.69, 9.17) is 10.00 Å². The van der Waals surface area contributed by atoms with E-state index in [-0.39, 0.29) is 11.8 Å². The lowest BCUT2D eigenvalue weighted by Gasteiger charge is -2.21. The second-order valence-corrected chi connectivity index (χ2v) is 5.59. The van der Waals surface area contributed by atoms with Gasteiger partial charge in [0.1, 0.15) is 11.9 Å². The van der Waals surface area contributed by atoms with Crippen molar-refractivity contribution in [2.45, 2.75) is 12.8 Å². The zero-order valence-electron chi connectivity index (χ0n) is 13.2.